The molecule has 2 heterocycles. The number of likely N-dealkylation sites (tertiary alicyclic amines) is 1. The zero-order valence-corrected chi connectivity index (χ0v) is 15.2. The summed E-state index contributed by atoms with van der Waals surface area (Å²) in [6.45, 7) is 2.89. The van der Waals surface area contributed by atoms with Gasteiger partial charge in [-0.25, -0.2) is 4.39 Å². The summed E-state index contributed by atoms with van der Waals surface area (Å²) >= 11 is 0. The maximum atomic E-state index is 13.4. The molecule has 2 nitrogen and oxygen atoms in total. The van der Waals surface area contributed by atoms with Gasteiger partial charge in [-0.15, -0.1) is 0 Å². The summed E-state index contributed by atoms with van der Waals surface area (Å²) in [6.07, 6.45) is 2.22. The van der Waals surface area contributed by atoms with Gasteiger partial charge in [0.25, 0.3) is 0 Å². The van der Waals surface area contributed by atoms with E-state index in [1.807, 2.05) is 12.1 Å². The van der Waals surface area contributed by atoms with E-state index in [9.17, 15) is 4.39 Å². The molecule has 1 aliphatic heterocycles. The standard InChI is InChI=1S/C24H22FN2/c25-19-7-5-6-18(16-19)17-26-14-12-20(13-15-26)27-23-10-3-1-8-21(23)22-9-2-4-11-24(22)27/h1-8,10-11,16,20H,12-15,17H2. The molecule has 1 fully saturated rings. The van der Waals surface area contributed by atoms with Crippen LogP contribution in [0.1, 0.15) is 24.4 Å². The van der Waals surface area contributed by atoms with Crippen LogP contribution in [0.25, 0.3) is 21.8 Å². The second kappa shape index (κ2) is 6.82. The van der Waals surface area contributed by atoms with Crippen LogP contribution >= 0.6 is 0 Å². The highest BCUT2D eigenvalue weighted by Gasteiger charge is 2.23. The highest BCUT2D eigenvalue weighted by molar-refractivity contribution is 6.07. The summed E-state index contributed by atoms with van der Waals surface area (Å²) in [5.41, 5.74) is 3.64. The number of nitrogens with zero attached hydrogens (tertiary/aromatic N) is 2. The van der Waals surface area contributed by atoms with E-state index < -0.39 is 0 Å². The van der Waals surface area contributed by atoms with E-state index >= 15 is 0 Å². The van der Waals surface area contributed by atoms with Crippen LogP contribution in [0.2, 0.25) is 0 Å². The molecule has 3 aromatic carbocycles. The van der Waals surface area contributed by atoms with Crippen molar-refractivity contribution in [1.29, 1.82) is 0 Å². The van der Waals surface area contributed by atoms with Crippen LogP contribution in [-0.4, -0.2) is 22.6 Å². The smallest absolute Gasteiger partial charge is 0.123 e. The maximum absolute atomic E-state index is 13.4. The molecule has 0 bridgehead atoms. The van der Waals surface area contributed by atoms with Crippen LogP contribution in [0.5, 0.6) is 0 Å². The number of aromatic nitrogens is 1. The third-order valence-electron chi connectivity index (χ3n) is 5.74. The van der Waals surface area contributed by atoms with Gasteiger partial charge in [0.15, 0.2) is 0 Å². The molecule has 3 heteroatoms. The van der Waals surface area contributed by atoms with Crippen molar-refractivity contribution in [2.75, 3.05) is 13.1 Å². The van der Waals surface area contributed by atoms with Gasteiger partial charge in [0.2, 0.25) is 0 Å². The van der Waals surface area contributed by atoms with E-state index in [-0.39, 0.29) is 5.82 Å². The van der Waals surface area contributed by atoms with Gasteiger partial charge in [0.1, 0.15) is 5.82 Å². The molecule has 0 saturated carbocycles. The van der Waals surface area contributed by atoms with Gasteiger partial charge in [-0.3, -0.25) is 4.90 Å². The molecule has 135 valence electrons. The molecule has 0 unspecified atom stereocenters. The third-order valence-corrected chi connectivity index (χ3v) is 5.74. The summed E-state index contributed by atoms with van der Waals surface area (Å²) in [4.78, 5) is 2.44. The van der Waals surface area contributed by atoms with E-state index in [4.69, 9.17) is 0 Å². The molecule has 1 saturated heterocycles. The van der Waals surface area contributed by atoms with Crippen LogP contribution in [0.3, 0.4) is 0 Å². The zero-order valence-electron chi connectivity index (χ0n) is 15.2. The second-order valence-electron chi connectivity index (χ2n) is 7.45. The fourth-order valence-corrected chi connectivity index (χ4v) is 4.49. The number of rotatable bonds is 3. The number of benzene rings is 3. The SMILES string of the molecule is Fc1cccc(CN2CCC(n3c4ccc[c]c4c4ccccc43)CC2)c1. The fourth-order valence-electron chi connectivity index (χ4n) is 4.49. The quantitative estimate of drug-likeness (QED) is 0.465. The molecule has 1 aromatic heterocycles. The van der Waals surface area contributed by atoms with Gasteiger partial charge >= 0.3 is 0 Å². The summed E-state index contributed by atoms with van der Waals surface area (Å²) in [5, 5.41) is 2.51. The first-order chi connectivity index (χ1) is 13.3. The average molecular weight is 357 g/mol. The summed E-state index contributed by atoms with van der Waals surface area (Å²) in [5.74, 6) is -0.149. The van der Waals surface area contributed by atoms with Crippen LogP contribution in [0, 0.1) is 11.9 Å². The lowest BCUT2D eigenvalue weighted by Gasteiger charge is -2.33. The van der Waals surface area contributed by atoms with Gasteiger partial charge < -0.3 is 4.57 Å². The van der Waals surface area contributed by atoms with Gasteiger partial charge in [-0.2, -0.15) is 0 Å². The predicted molar refractivity (Wildman–Crippen MR) is 108 cm³/mol. The summed E-state index contributed by atoms with van der Waals surface area (Å²) in [6, 6.07) is 25.8. The molecule has 4 aromatic rings. The lowest BCUT2D eigenvalue weighted by atomic mass is 10.0. The van der Waals surface area contributed by atoms with Crippen molar-refractivity contribution in [1.82, 2.24) is 9.47 Å². The van der Waals surface area contributed by atoms with E-state index in [0.717, 1.165) is 38.0 Å². The molecular formula is C24H22FN2. The number of halogens is 1. The van der Waals surface area contributed by atoms with Gasteiger partial charge in [-0.1, -0.05) is 42.5 Å². The number of fused-ring (bicyclic) bond motifs is 3. The Labute approximate surface area is 158 Å². The van der Waals surface area contributed by atoms with Crippen molar-refractivity contribution < 1.29 is 4.39 Å². The third kappa shape index (κ3) is 3.02. The molecule has 0 spiro atoms. The first-order valence-electron chi connectivity index (χ1n) is 9.66. The number of hydrogen-bond donors (Lipinski definition) is 0. The Bertz CT molecular complexity index is 1040. The Morgan fingerprint density at radius 2 is 1.74 bits per heavy atom. The Kier molecular flexibility index (Phi) is 4.17. The monoisotopic (exact) mass is 357 g/mol. The molecule has 0 atom stereocenters. The lowest BCUT2D eigenvalue weighted by molar-refractivity contribution is 0.183. The van der Waals surface area contributed by atoms with Crippen molar-refractivity contribution in [3.8, 4) is 0 Å². The molecule has 1 aliphatic rings. The number of piperidine rings is 1. The largest absolute Gasteiger partial charge is 0.337 e. The van der Waals surface area contributed by atoms with Crippen molar-refractivity contribution >= 4 is 21.8 Å². The second-order valence-corrected chi connectivity index (χ2v) is 7.45. The molecular weight excluding hydrogens is 335 g/mol. The molecule has 0 aliphatic carbocycles. The zero-order chi connectivity index (χ0) is 18.2. The first-order valence-corrected chi connectivity index (χ1v) is 9.66. The van der Waals surface area contributed by atoms with Crippen LogP contribution in [0.15, 0.2) is 66.7 Å². The minimum Gasteiger partial charge on any atom is -0.337 e. The highest BCUT2D eigenvalue weighted by atomic mass is 19.1. The number of hydrogen-bond acceptors (Lipinski definition) is 1. The summed E-state index contributed by atoms with van der Waals surface area (Å²) in [7, 11) is 0. The van der Waals surface area contributed by atoms with E-state index in [0.29, 0.717) is 6.04 Å². The molecule has 27 heavy (non-hydrogen) atoms. The lowest BCUT2D eigenvalue weighted by Crippen LogP contribution is -2.34. The normalized spacial score (nSPS) is 16.3. The van der Waals surface area contributed by atoms with Crippen LogP contribution in [-0.2, 0) is 6.54 Å². The minimum absolute atomic E-state index is 0.149. The average Bonchev–Trinajstić information content (AvgIpc) is 3.03. The van der Waals surface area contributed by atoms with E-state index in [1.54, 1.807) is 12.1 Å². The first kappa shape index (κ1) is 16.5. The molecule has 0 N–H and O–H groups in total. The maximum Gasteiger partial charge on any atom is 0.123 e. The van der Waals surface area contributed by atoms with Crippen LogP contribution in [0.4, 0.5) is 4.39 Å². The Hall–Kier alpha value is -2.65. The van der Waals surface area contributed by atoms with Crippen LogP contribution < -0.4 is 0 Å². The Morgan fingerprint density at radius 3 is 2.59 bits per heavy atom. The number of para-hydroxylation sites is 1. The topological polar surface area (TPSA) is 8.17 Å². The molecule has 5 rings (SSSR count). The molecule has 1 radical (unpaired) electrons. The fraction of sp³-hybridized carbons (Fsp3) is 0.250. The van der Waals surface area contributed by atoms with Gasteiger partial charge in [0.05, 0.1) is 0 Å². The van der Waals surface area contributed by atoms with Crippen molar-refractivity contribution in [3.63, 3.8) is 0 Å². The van der Waals surface area contributed by atoms with E-state index in [2.05, 4.69) is 51.9 Å². The summed E-state index contributed by atoms with van der Waals surface area (Å²) < 4.78 is 16.0. The van der Waals surface area contributed by atoms with Crippen molar-refractivity contribution in [3.05, 3.63) is 84.2 Å². The molecule has 0 amide bonds. The minimum atomic E-state index is -0.149. The predicted octanol–water partition coefficient (Wildman–Crippen LogP) is 5.57. The Morgan fingerprint density at radius 1 is 0.926 bits per heavy atom. The van der Waals surface area contributed by atoms with Gasteiger partial charge in [-0.05, 0) is 48.7 Å². The Balaban J connectivity index is 1.41. The van der Waals surface area contributed by atoms with Crippen molar-refractivity contribution in [2.45, 2.75) is 25.4 Å². The van der Waals surface area contributed by atoms with Gasteiger partial charge in [0, 0.05) is 47.5 Å². The van der Waals surface area contributed by atoms with E-state index in [1.165, 1.54) is 27.9 Å². The van der Waals surface area contributed by atoms with Crippen molar-refractivity contribution in [2.24, 2.45) is 0 Å². The highest BCUT2D eigenvalue weighted by Crippen LogP contribution is 2.35.